The van der Waals surface area contributed by atoms with Gasteiger partial charge < -0.3 is 11.1 Å². The van der Waals surface area contributed by atoms with Gasteiger partial charge in [0.2, 0.25) is 0 Å². The van der Waals surface area contributed by atoms with E-state index in [2.05, 4.69) is 5.32 Å². The molecule has 1 aromatic carbocycles. The van der Waals surface area contributed by atoms with Crippen LogP contribution < -0.4 is 11.1 Å². The Bertz CT molecular complexity index is 505. The third-order valence-corrected chi connectivity index (χ3v) is 4.30. The first-order chi connectivity index (χ1) is 7.98. The van der Waals surface area contributed by atoms with Crippen LogP contribution in [0.4, 0.5) is 5.69 Å². The molecule has 5 heteroatoms. The molecule has 0 amide bonds. The van der Waals surface area contributed by atoms with E-state index in [9.17, 15) is 8.42 Å². The van der Waals surface area contributed by atoms with Crippen LogP contribution in [0.25, 0.3) is 0 Å². The zero-order chi connectivity index (χ0) is 12.5. The number of sulfone groups is 1. The lowest BCUT2D eigenvalue weighted by molar-refractivity contribution is 0.412. The minimum Gasteiger partial charge on any atom is -0.398 e. The van der Waals surface area contributed by atoms with E-state index in [1.54, 1.807) is 12.1 Å². The first-order valence-electron chi connectivity index (χ1n) is 5.81. The van der Waals surface area contributed by atoms with Crippen LogP contribution >= 0.6 is 0 Å². The molecule has 0 spiro atoms. The summed E-state index contributed by atoms with van der Waals surface area (Å²) in [6, 6.07) is 5.55. The Morgan fingerprint density at radius 1 is 1.35 bits per heavy atom. The number of anilines is 1. The Morgan fingerprint density at radius 2 is 2.12 bits per heavy atom. The Hall–Kier alpha value is -1.07. The number of nitrogen functional groups attached to an aromatic ring is 1. The van der Waals surface area contributed by atoms with Crippen LogP contribution in [0.15, 0.2) is 23.1 Å². The minimum atomic E-state index is -3.25. The first kappa shape index (κ1) is 12.4. The lowest BCUT2D eigenvalue weighted by Gasteiger charge is -2.24. The van der Waals surface area contributed by atoms with Crippen molar-refractivity contribution in [3.05, 3.63) is 23.8 Å². The normalized spacial score (nSPS) is 21.4. The van der Waals surface area contributed by atoms with E-state index in [0.717, 1.165) is 18.5 Å². The number of hydrogen-bond acceptors (Lipinski definition) is 4. The van der Waals surface area contributed by atoms with E-state index in [1.807, 2.05) is 6.07 Å². The maximum Gasteiger partial charge on any atom is 0.177 e. The molecule has 17 heavy (non-hydrogen) atoms. The number of rotatable bonds is 2. The smallest absolute Gasteiger partial charge is 0.177 e. The van der Waals surface area contributed by atoms with Gasteiger partial charge in [-0.3, -0.25) is 0 Å². The molecule has 0 radical (unpaired) electrons. The molecule has 4 nitrogen and oxygen atoms in total. The molecular weight excluding hydrogens is 236 g/mol. The number of nitrogens with two attached hydrogens (primary N) is 1. The fourth-order valence-corrected chi connectivity index (χ4v) is 3.07. The monoisotopic (exact) mass is 254 g/mol. The van der Waals surface area contributed by atoms with Crippen LogP contribution in [0.2, 0.25) is 0 Å². The van der Waals surface area contributed by atoms with Crippen LogP contribution in [-0.4, -0.2) is 21.2 Å². The Balaban J connectivity index is 2.37. The van der Waals surface area contributed by atoms with Crippen LogP contribution in [0.3, 0.4) is 0 Å². The predicted molar refractivity (Wildman–Crippen MR) is 68.6 cm³/mol. The van der Waals surface area contributed by atoms with Crippen molar-refractivity contribution in [3.8, 4) is 0 Å². The summed E-state index contributed by atoms with van der Waals surface area (Å²) in [5.41, 5.74) is 7.04. The van der Waals surface area contributed by atoms with E-state index in [0.29, 0.717) is 5.69 Å². The van der Waals surface area contributed by atoms with Gasteiger partial charge >= 0.3 is 0 Å². The van der Waals surface area contributed by atoms with Crippen molar-refractivity contribution < 1.29 is 8.42 Å². The summed E-state index contributed by atoms with van der Waals surface area (Å²) in [5, 5.41) is 3.40. The molecule has 1 fully saturated rings. The predicted octanol–water partition coefficient (Wildman–Crippen LogP) is 1.49. The van der Waals surface area contributed by atoms with Gasteiger partial charge in [0, 0.05) is 12.3 Å². The Kier molecular flexibility index (Phi) is 3.40. The zero-order valence-corrected chi connectivity index (χ0v) is 10.8. The molecule has 94 valence electrons. The van der Waals surface area contributed by atoms with Crippen molar-refractivity contribution in [1.29, 1.82) is 0 Å². The van der Waals surface area contributed by atoms with Crippen LogP contribution in [0.1, 0.15) is 30.9 Å². The summed E-state index contributed by atoms with van der Waals surface area (Å²) in [6.45, 7) is 0.989. The third kappa shape index (κ3) is 2.79. The highest BCUT2D eigenvalue weighted by Crippen LogP contribution is 2.27. The van der Waals surface area contributed by atoms with Crippen molar-refractivity contribution in [1.82, 2.24) is 5.32 Å². The lowest BCUT2D eigenvalue weighted by atomic mass is 9.97. The molecule has 1 atom stereocenters. The Morgan fingerprint density at radius 3 is 2.71 bits per heavy atom. The number of nitrogens with one attached hydrogen (secondary N) is 1. The molecule has 3 N–H and O–H groups in total. The second kappa shape index (κ2) is 4.66. The van der Waals surface area contributed by atoms with Gasteiger partial charge in [-0.15, -0.1) is 0 Å². The average molecular weight is 254 g/mol. The summed E-state index contributed by atoms with van der Waals surface area (Å²) >= 11 is 0. The number of hydrogen-bond donors (Lipinski definition) is 2. The van der Waals surface area contributed by atoms with E-state index < -0.39 is 9.84 Å². The molecule has 1 aliphatic rings. The fourth-order valence-electron chi connectivity index (χ4n) is 2.23. The van der Waals surface area contributed by atoms with Crippen molar-refractivity contribution in [3.63, 3.8) is 0 Å². The maximum atomic E-state index is 11.6. The third-order valence-electron chi connectivity index (χ3n) is 3.15. The van der Waals surface area contributed by atoms with Crippen LogP contribution in [0.5, 0.6) is 0 Å². The van der Waals surface area contributed by atoms with Crippen LogP contribution in [0, 0.1) is 0 Å². The quantitative estimate of drug-likeness (QED) is 0.784. The van der Waals surface area contributed by atoms with Gasteiger partial charge in [0.15, 0.2) is 9.84 Å². The average Bonchev–Trinajstić information content (AvgIpc) is 2.29. The molecular formula is C12H18N2O2S. The first-order valence-corrected chi connectivity index (χ1v) is 7.70. The molecule has 0 aliphatic carbocycles. The van der Waals surface area contributed by atoms with Crippen molar-refractivity contribution >= 4 is 15.5 Å². The van der Waals surface area contributed by atoms with Gasteiger partial charge in [0.05, 0.1) is 10.6 Å². The van der Waals surface area contributed by atoms with Crippen molar-refractivity contribution in [2.24, 2.45) is 0 Å². The molecule has 1 unspecified atom stereocenters. The van der Waals surface area contributed by atoms with Gasteiger partial charge in [-0.1, -0.05) is 12.5 Å². The molecule has 1 saturated heterocycles. The lowest BCUT2D eigenvalue weighted by Crippen LogP contribution is -2.26. The molecule has 1 aromatic rings. The molecule has 0 aromatic heterocycles. The topological polar surface area (TPSA) is 72.2 Å². The van der Waals surface area contributed by atoms with Crippen molar-refractivity contribution in [2.45, 2.75) is 30.2 Å². The second-order valence-electron chi connectivity index (χ2n) is 4.57. The van der Waals surface area contributed by atoms with Gasteiger partial charge in [-0.25, -0.2) is 8.42 Å². The summed E-state index contributed by atoms with van der Waals surface area (Å²) < 4.78 is 23.2. The zero-order valence-electron chi connectivity index (χ0n) is 9.94. The van der Waals surface area contributed by atoms with Gasteiger partial charge in [-0.05, 0) is 37.1 Å². The largest absolute Gasteiger partial charge is 0.398 e. The highest BCUT2D eigenvalue weighted by molar-refractivity contribution is 7.90. The standard InChI is InChI=1S/C12H18N2O2S/c1-17(15,16)12-8-9(5-6-10(12)13)11-4-2-3-7-14-11/h5-6,8,11,14H,2-4,7,13H2,1H3. The number of piperidine rings is 1. The SMILES string of the molecule is CS(=O)(=O)c1cc(C2CCCCN2)ccc1N. The van der Waals surface area contributed by atoms with Gasteiger partial charge in [0.25, 0.3) is 0 Å². The molecule has 2 rings (SSSR count). The van der Waals surface area contributed by atoms with Crippen molar-refractivity contribution in [2.75, 3.05) is 18.5 Å². The summed E-state index contributed by atoms with van der Waals surface area (Å²) in [6.07, 6.45) is 4.60. The molecule has 0 saturated carbocycles. The van der Waals surface area contributed by atoms with E-state index in [4.69, 9.17) is 5.73 Å². The van der Waals surface area contributed by atoms with Gasteiger partial charge in [-0.2, -0.15) is 0 Å². The van der Waals surface area contributed by atoms with E-state index in [1.165, 1.54) is 19.1 Å². The van der Waals surface area contributed by atoms with E-state index >= 15 is 0 Å². The minimum absolute atomic E-state index is 0.238. The second-order valence-corrected chi connectivity index (χ2v) is 6.56. The molecule has 1 aliphatic heterocycles. The fraction of sp³-hybridized carbons (Fsp3) is 0.500. The molecule has 1 heterocycles. The highest BCUT2D eigenvalue weighted by Gasteiger charge is 2.18. The highest BCUT2D eigenvalue weighted by atomic mass is 32.2. The van der Waals surface area contributed by atoms with Gasteiger partial charge in [0.1, 0.15) is 0 Å². The molecule has 0 bridgehead atoms. The van der Waals surface area contributed by atoms with Crippen LogP contribution in [-0.2, 0) is 9.84 Å². The maximum absolute atomic E-state index is 11.6. The van der Waals surface area contributed by atoms with E-state index in [-0.39, 0.29) is 10.9 Å². The summed E-state index contributed by atoms with van der Waals surface area (Å²) in [7, 11) is -3.25. The summed E-state index contributed by atoms with van der Waals surface area (Å²) in [5.74, 6) is 0. The summed E-state index contributed by atoms with van der Waals surface area (Å²) in [4.78, 5) is 0.238. The number of benzene rings is 1. The Labute approximate surface area is 102 Å².